The average molecular weight is 304 g/mol. The molecule has 4 heteroatoms. The maximum atomic E-state index is 5.63. The predicted octanol–water partition coefficient (Wildman–Crippen LogP) is 2.84. The van der Waals surface area contributed by atoms with E-state index in [1.807, 2.05) is 0 Å². The highest BCUT2D eigenvalue weighted by Crippen LogP contribution is 2.27. The Morgan fingerprint density at radius 2 is 2.14 bits per heavy atom. The molecule has 2 atom stereocenters. The molecule has 1 aromatic rings. The summed E-state index contributed by atoms with van der Waals surface area (Å²) in [6.07, 6.45) is 3.86. The molecule has 0 bridgehead atoms. The minimum absolute atomic E-state index is 0.346. The summed E-state index contributed by atoms with van der Waals surface area (Å²) in [6, 6.07) is 8.91. The number of likely N-dealkylation sites (tertiary alicyclic amines) is 1. The summed E-state index contributed by atoms with van der Waals surface area (Å²) < 4.78 is 5.63. The van der Waals surface area contributed by atoms with Gasteiger partial charge >= 0.3 is 0 Å². The number of hydrogen-bond donors (Lipinski definition) is 1. The second-order valence-electron chi connectivity index (χ2n) is 6.16. The normalized spacial score (nSPS) is 25.3. The van der Waals surface area contributed by atoms with Crippen molar-refractivity contribution in [3.8, 4) is 0 Å². The molecule has 0 radical (unpaired) electrons. The third-order valence-electron chi connectivity index (χ3n) is 4.53. The van der Waals surface area contributed by atoms with Crippen molar-refractivity contribution in [1.29, 1.82) is 0 Å². The van der Waals surface area contributed by atoms with E-state index in [9.17, 15) is 0 Å². The van der Waals surface area contributed by atoms with Gasteiger partial charge in [-0.1, -0.05) is 29.8 Å². The number of thiocarbonyl (C=S) groups is 1. The zero-order valence-corrected chi connectivity index (χ0v) is 13.5. The van der Waals surface area contributed by atoms with Gasteiger partial charge in [-0.2, -0.15) is 0 Å². The van der Waals surface area contributed by atoms with Crippen molar-refractivity contribution >= 4 is 17.3 Å². The van der Waals surface area contributed by atoms with Crippen molar-refractivity contribution < 1.29 is 4.74 Å². The molecule has 0 amide bonds. The molecule has 3 rings (SSSR count). The van der Waals surface area contributed by atoms with Crippen LogP contribution in [-0.4, -0.2) is 42.4 Å². The average Bonchev–Trinajstić information content (AvgIpc) is 3.17. The first-order valence-electron chi connectivity index (χ1n) is 7.93. The molecule has 2 saturated heterocycles. The lowest BCUT2D eigenvalue weighted by Crippen LogP contribution is -2.41. The summed E-state index contributed by atoms with van der Waals surface area (Å²) in [5.74, 6) is 0.605. The Kier molecular flexibility index (Phi) is 4.76. The molecule has 0 unspecified atom stereocenters. The van der Waals surface area contributed by atoms with Crippen LogP contribution in [0.2, 0.25) is 0 Å². The van der Waals surface area contributed by atoms with Gasteiger partial charge in [0.1, 0.15) is 0 Å². The van der Waals surface area contributed by atoms with Gasteiger partial charge < -0.3 is 15.0 Å². The van der Waals surface area contributed by atoms with Gasteiger partial charge in [0.05, 0.1) is 6.10 Å². The largest absolute Gasteiger partial charge is 0.376 e. The molecule has 0 aliphatic carbocycles. The van der Waals surface area contributed by atoms with Gasteiger partial charge in [0.15, 0.2) is 5.11 Å². The molecular weight excluding hydrogens is 280 g/mol. The third-order valence-corrected chi connectivity index (χ3v) is 4.93. The van der Waals surface area contributed by atoms with Gasteiger partial charge in [0, 0.05) is 32.2 Å². The molecule has 1 aromatic carbocycles. The van der Waals surface area contributed by atoms with E-state index in [0.717, 1.165) is 37.8 Å². The number of hydrogen-bond acceptors (Lipinski definition) is 2. The van der Waals surface area contributed by atoms with Gasteiger partial charge in [-0.15, -0.1) is 0 Å². The minimum atomic E-state index is 0.346. The lowest BCUT2D eigenvalue weighted by Gasteiger charge is -2.22. The van der Waals surface area contributed by atoms with E-state index < -0.39 is 0 Å². The van der Waals surface area contributed by atoms with Crippen LogP contribution in [0.4, 0.5) is 0 Å². The molecule has 1 N–H and O–H groups in total. The SMILES string of the molecule is Cc1ccc([C@H]2CCN(C(=S)NC[C@@H]3CCCO3)C2)cc1. The number of nitrogens with one attached hydrogen (secondary N) is 1. The summed E-state index contributed by atoms with van der Waals surface area (Å²) in [4.78, 5) is 2.30. The number of benzene rings is 1. The Hall–Kier alpha value is -1.13. The number of rotatable bonds is 3. The molecule has 21 heavy (non-hydrogen) atoms. The first-order valence-corrected chi connectivity index (χ1v) is 8.34. The van der Waals surface area contributed by atoms with Gasteiger partial charge in [-0.05, 0) is 44.0 Å². The zero-order chi connectivity index (χ0) is 14.7. The van der Waals surface area contributed by atoms with E-state index >= 15 is 0 Å². The quantitative estimate of drug-likeness (QED) is 0.868. The van der Waals surface area contributed by atoms with E-state index in [4.69, 9.17) is 17.0 Å². The number of ether oxygens (including phenoxy) is 1. The van der Waals surface area contributed by atoms with Crippen LogP contribution in [0.3, 0.4) is 0 Å². The van der Waals surface area contributed by atoms with Gasteiger partial charge in [-0.3, -0.25) is 0 Å². The Morgan fingerprint density at radius 1 is 1.33 bits per heavy atom. The molecular formula is C17H24N2OS. The summed E-state index contributed by atoms with van der Waals surface area (Å²) in [5, 5.41) is 4.27. The first-order chi connectivity index (χ1) is 10.2. The van der Waals surface area contributed by atoms with Crippen LogP contribution in [-0.2, 0) is 4.74 Å². The lowest BCUT2D eigenvalue weighted by atomic mass is 9.98. The molecule has 114 valence electrons. The van der Waals surface area contributed by atoms with Gasteiger partial charge in [0.2, 0.25) is 0 Å². The van der Waals surface area contributed by atoms with Crippen molar-refractivity contribution in [1.82, 2.24) is 10.2 Å². The molecule has 2 fully saturated rings. The molecule has 0 aromatic heterocycles. The highest BCUT2D eigenvalue weighted by atomic mass is 32.1. The highest BCUT2D eigenvalue weighted by Gasteiger charge is 2.26. The van der Waals surface area contributed by atoms with E-state index in [2.05, 4.69) is 41.4 Å². The fourth-order valence-electron chi connectivity index (χ4n) is 3.17. The van der Waals surface area contributed by atoms with Crippen LogP contribution in [0, 0.1) is 6.92 Å². The van der Waals surface area contributed by atoms with Crippen LogP contribution < -0.4 is 5.32 Å². The minimum Gasteiger partial charge on any atom is -0.376 e. The highest BCUT2D eigenvalue weighted by molar-refractivity contribution is 7.80. The van der Waals surface area contributed by atoms with E-state index in [-0.39, 0.29) is 0 Å². The van der Waals surface area contributed by atoms with E-state index in [1.165, 1.54) is 24.0 Å². The first kappa shape index (κ1) is 14.8. The predicted molar refractivity (Wildman–Crippen MR) is 89.7 cm³/mol. The number of aryl methyl sites for hydroxylation is 1. The van der Waals surface area contributed by atoms with Gasteiger partial charge in [-0.25, -0.2) is 0 Å². The summed E-state index contributed by atoms with van der Waals surface area (Å²) in [5.41, 5.74) is 2.76. The molecule has 2 aliphatic rings. The third kappa shape index (κ3) is 3.74. The second kappa shape index (κ2) is 6.75. The van der Waals surface area contributed by atoms with Crippen molar-refractivity contribution in [2.24, 2.45) is 0 Å². The Morgan fingerprint density at radius 3 is 2.86 bits per heavy atom. The van der Waals surface area contributed by atoms with E-state index in [0.29, 0.717) is 12.0 Å². The summed E-state index contributed by atoms with van der Waals surface area (Å²) in [7, 11) is 0. The molecule has 3 nitrogen and oxygen atoms in total. The summed E-state index contributed by atoms with van der Waals surface area (Å²) >= 11 is 5.53. The summed E-state index contributed by atoms with van der Waals surface area (Å²) in [6.45, 7) is 5.97. The number of nitrogens with zero attached hydrogens (tertiary/aromatic N) is 1. The monoisotopic (exact) mass is 304 g/mol. The standard InChI is InChI=1S/C17H24N2OS/c1-13-4-6-14(7-5-13)15-8-9-19(12-15)17(21)18-11-16-3-2-10-20-16/h4-7,15-16H,2-3,8-12H2,1H3,(H,18,21)/t15-,16-/m0/s1. The maximum Gasteiger partial charge on any atom is 0.169 e. The Labute approximate surface area is 132 Å². The smallest absolute Gasteiger partial charge is 0.169 e. The zero-order valence-electron chi connectivity index (χ0n) is 12.7. The fourth-order valence-corrected chi connectivity index (χ4v) is 3.42. The van der Waals surface area contributed by atoms with E-state index in [1.54, 1.807) is 0 Å². The van der Waals surface area contributed by atoms with Crippen molar-refractivity contribution in [2.75, 3.05) is 26.2 Å². The van der Waals surface area contributed by atoms with Gasteiger partial charge in [0.25, 0.3) is 0 Å². The van der Waals surface area contributed by atoms with Crippen LogP contribution >= 0.6 is 12.2 Å². The van der Waals surface area contributed by atoms with Crippen molar-refractivity contribution in [2.45, 2.75) is 38.2 Å². The molecule has 0 spiro atoms. The van der Waals surface area contributed by atoms with Crippen molar-refractivity contribution in [3.63, 3.8) is 0 Å². The Balaban J connectivity index is 1.49. The maximum absolute atomic E-state index is 5.63. The van der Waals surface area contributed by atoms with Crippen molar-refractivity contribution in [3.05, 3.63) is 35.4 Å². The topological polar surface area (TPSA) is 24.5 Å². The molecule has 2 heterocycles. The lowest BCUT2D eigenvalue weighted by molar-refractivity contribution is 0.113. The van der Waals surface area contributed by atoms with Crippen LogP contribution in [0.5, 0.6) is 0 Å². The van der Waals surface area contributed by atoms with Crippen LogP contribution in [0.1, 0.15) is 36.3 Å². The fraction of sp³-hybridized carbons (Fsp3) is 0.588. The Bertz CT molecular complexity index is 482. The van der Waals surface area contributed by atoms with Crippen LogP contribution in [0.25, 0.3) is 0 Å². The second-order valence-corrected chi connectivity index (χ2v) is 6.55. The molecule has 2 aliphatic heterocycles. The molecule has 0 saturated carbocycles. The van der Waals surface area contributed by atoms with Crippen LogP contribution in [0.15, 0.2) is 24.3 Å².